The van der Waals surface area contributed by atoms with Gasteiger partial charge in [-0.05, 0) is 30.7 Å². The van der Waals surface area contributed by atoms with E-state index in [0.717, 1.165) is 16.5 Å². The van der Waals surface area contributed by atoms with Crippen LogP contribution in [0, 0.1) is 0 Å². The van der Waals surface area contributed by atoms with Gasteiger partial charge in [-0.2, -0.15) is 0 Å². The molecule has 0 bridgehead atoms. The Morgan fingerprint density at radius 1 is 1.30 bits per heavy atom. The van der Waals surface area contributed by atoms with Crippen LogP contribution in [0.3, 0.4) is 0 Å². The molecule has 0 unspecified atom stereocenters. The third kappa shape index (κ3) is 4.66. The highest BCUT2D eigenvalue weighted by Crippen LogP contribution is 2.25. The van der Waals surface area contributed by atoms with Crippen molar-refractivity contribution < 1.29 is 4.79 Å². The Morgan fingerprint density at radius 3 is 2.75 bits per heavy atom. The average molecular weight is 329 g/mol. The van der Waals surface area contributed by atoms with E-state index >= 15 is 0 Å². The number of carbonyl (C=O) groups excluding carboxylic acids is 1. The molecule has 0 saturated heterocycles. The number of aromatic nitrogens is 2. The Morgan fingerprint density at radius 2 is 2.05 bits per heavy atom. The molecule has 0 spiro atoms. The van der Waals surface area contributed by atoms with Crippen molar-refractivity contribution >= 4 is 51.5 Å². The first-order valence-corrected chi connectivity index (χ1v) is 8.15. The molecular formula is C12H13ClN4OS2. The minimum atomic E-state index is -0.351. The maximum absolute atomic E-state index is 11.8. The molecule has 5 nitrogen and oxygen atoms in total. The molecule has 0 saturated carbocycles. The molecule has 2 amide bonds. The largest absolute Gasteiger partial charge is 0.325 e. The van der Waals surface area contributed by atoms with Crippen LogP contribution in [-0.2, 0) is 0 Å². The van der Waals surface area contributed by atoms with E-state index in [0.29, 0.717) is 15.8 Å². The number of thioether (sulfide) groups is 1. The Bertz CT molecular complexity index is 573. The molecule has 0 aliphatic carbocycles. The smallest absolute Gasteiger partial charge is 0.308 e. The molecule has 2 aromatic rings. The summed E-state index contributed by atoms with van der Waals surface area (Å²) in [5.41, 5.74) is 0.664. The number of nitrogens with one attached hydrogen (secondary N) is 2. The number of urea groups is 1. The van der Waals surface area contributed by atoms with E-state index in [4.69, 9.17) is 11.6 Å². The summed E-state index contributed by atoms with van der Waals surface area (Å²) in [5, 5.41) is 14.4. The molecule has 2 N–H and O–H groups in total. The van der Waals surface area contributed by atoms with Crippen LogP contribution in [0.2, 0.25) is 5.02 Å². The highest BCUT2D eigenvalue weighted by Gasteiger charge is 2.08. The van der Waals surface area contributed by atoms with E-state index in [-0.39, 0.29) is 6.03 Å². The van der Waals surface area contributed by atoms with Crippen molar-refractivity contribution in [3.8, 4) is 0 Å². The molecule has 8 heteroatoms. The third-order valence-corrected chi connectivity index (χ3v) is 4.59. The monoisotopic (exact) mass is 328 g/mol. The van der Waals surface area contributed by atoms with Crippen molar-refractivity contribution in [1.82, 2.24) is 10.2 Å². The second-order valence-electron chi connectivity index (χ2n) is 3.81. The van der Waals surface area contributed by atoms with Gasteiger partial charge in [0.2, 0.25) is 5.13 Å². The zero-order valence-corrected chi connectivity index (χ0v) is 13.1. The normalized spacial score (nSPS) is 10.3. The van der Waals surface area contributed by atoms with Crippen molar-refractivity contribution in [1.29, 1.82) is 0 Å². The van der Waals surface area contributed by atoms with Crippen LogP contribution in [0.5, 0.6) is 0 Å². The first kappa shape index (κ1) is 15.1. The van der Waals surface area contributed by atoms with Crippen LogP contribution in [-0.4, -0.2) is 22.0 Å². The van der Waals surface area contributed by atoms with Crippen LogP contribution in [0.1, 0.15) is 13.3 Å². The molecule has 0 atom stereocenters. The number of nitrogens with zero attached hydrogens (tertiary/aromatic N) is 2. The van der Waals surface area contributed by atoms with Gasteiger partial charge in [-0.3, -0.25) is 5.32 Å². The molecule has 2 rings (SSSR count). The van der Waals surface area contributed by atoms with Crippen LogP contribution in [0.4, 0.5) is 15.6 Å². The fourth-order valence-electron chi connectivity index (χ4n) is 1.30. The van der Waals surface area contributed by atoms with Gasteiger partial charge in [0, 0.05) is 16.5 Å². The van der Waals surface area contributed by atoms with Gasteiger partial charge in [0.1, 0.15) is 0 Å². The predicted molar refractivity (Wildman–Crippen MR) is 85.0 cm³/mol. The van der Waals surface area contributed by atoms with Crippen molar-refractivity contribution in [3.05, 3.63) is 29.3 Å². The zero-order chi connectivity index (χ0) is 14.4. The molecule has 0 aliphatic rings. The van der Waals surface area contributed by atoms with Crippen molar-refractivity contribution in [2.45, 2.75) is 17.7 Å². The number of hydrogen-bond donors (Lipinski definition) is 2. The van der Waals surface area contributed by atoms with Gasteiger partial charge < -0.3 is 5.32 Å². The Balaban J connectivity index is 1.87. The fraction of sp³-hybridized carbons (Fsp3) is 0.250. The highest BCUT2D eigenvalue weighted by atomic mass is 35.5. The SMILES string of the molecule is CCCSc1nnc(NC(=O)Nc2ccc(Cl)cc2)s1. The van der Waals surface area contributed by atoms with E-state index in [1.165, 1.54) is 11.3 Å². The minimum Gasteiger partial charge on any atom is -0.308 e. The molecule has 20 heavy (non-hydrogen) atoms. The van der Waals surface area contributed by atoms with E-state index in [1.807, 2.05) is 0 Å². The Hall–Kier alpha value is -1.31. The summed E-state index contributed by atoms with van der Waals surface area (Å²) in [5.74, 6) is 0.992. The molecule has 1 heterocycles. The topological polar surface area (TPSA) is 66.9 Å². The number of anilines is 2. The molecule has 1 aromatic heterocycles. The van der Waals surface area contributed by atoms with Crippen LogP contribution >= 0.6 is 34.7 Å². The average Bonchev–Trinajstić information content (AvgIpc) is 2.86. The van der Waals surface area contributed by atoms with Crippen LogP contribution in [0.15, 0.2) is 28.6 Å². The third-order valence-electron chi connectivity index (χ3n) is 2.16. The lowest BCUT2D eigenvalue weighted by atomic mass is 10.3. The molecular weight excluding hydrogens is 316 g/mol. The fourth-order valence-corrected chi connectivity index (χ4v) is 3.10. The summed E-state index contributed by atoms with van der Waals surface area (Å²) in [6.07, 6.45) is 1.07. The summed E-state index contributed by atoms with van der Waals surface area (Å²) in [7, 11) is 0. The number of amides is 2. The second kappa shape index (κ2) is 7.47. The summed E-state index contributed by atoms with van der Waals surface area (Å²) in [4.78, 5) is 11.8. The summed E-state index contributed by atoms with van der Waals surface area (Å²) >= 11 is 8.77. The van der Waals surface area contributed by atoms with Gasteiger partial charge in [-0.1, -0.05) is 41.6 Å². The van der Waals surface area contributed by atoms with Gasteiger partial charge in [0.05, 0.1) is 0 Å². The molecule has 0 radical (unpaired) electrons. The van der Waals surface area contributed by atoms with E-state index in [9.17, 15) is 4.79 Å². The van der Waals surface area contributed by atoms with Gasteiger partial charge in [-0.15, -0.1) is 10.2 Å². The maximum atomic E-state index is 11.8. The number of hydrogen-bond acceptors (Lipinski definition) is 5. The summed E-state index contributed by atoms with van der Waals surface area (Å²) in [6, 6.07) is 6.52. The van der Waals surface area contributed by atoms with E-state index < -0.39 is 0 Å². The standard InChI is InChI=1S/C12H13ClN4OS2/c1-2-7-19-12-17-16-11(20-12)15-10(18)14-9-5-3-8(13)4-6-9/h3-6H,2,7H2,1H3,(H2,14,15,16,18). The second-order valence-corrected chi connectivity index (χ2v) is 6.56. The summed E-state index contributed by atoms with van der Waals surface area (Å²) in [6.45, 7) is 2.10. The van der Waals surface area contributed by atoms with Gasteiger partial charge >= 0.3 is 6.03 Å². The first-order chi connectivity index (χ1) is 9.67. The number of halogens is 1. The number of rotatable bonds is 5. The number of benzene rings is 1. The molecule has 106 valence electrons. The number of carbonyl (C=O) groups is 1. The summed E-state index contributed by atoms with van der Waals surface area (Å²) < 4.78 is 0.855. The van der Waals surface area contributed by atoms with E-state index in [2.05, 4.69) is 27.8 Å². The quantitative estimate of drug-likeness (QED) is 0.633. The van der Waals surface area contributed by atoms with Crippen LogP contribution in [0.25, 0.3) is 0 Å². The van der Waals surface area contributed by atoms with Crippen molar-refractivity contribution in [2.75, 3.05) is 16.4 Å². The maximum Gasteiger partial charge on any atom is 0.325 e. The lowest BCUT2D eigenvalue weighted by Gasteiger charge is -2.04. The van der Waals surface area contributed by atoms with E-state index in [1.54, 1.807) is 36.0 Å². The Labute approximate surface area is 130 Å². The van der Waals surface area contributed by atoms with Crippen molar-refractivity contribution in [3.63, 3.8) is 0 Å². The lowest BCUT2D eigenvalue weighted by Crippen LogP contribution is -2.19. The lowest BCUT2D eigenvalue weighted by molar-refractivity contribution is 0.262. The molecule has 0 fully saturated rings. The molecule has 0 aliphatic heterocycles. The Kier molecular flexibility index (Phi) is 5.63. The van der Waals surface area contributed by atoms with Crippen molar-refractivity contribution in [2.24, 2.45) is 0 Å². The van der Waals surface area contributed by atoms with Crippen LogP contribution < -0.4 is 10.6 Å². The first-order valence-electron chi connectivity index (χ1n) is 5.97. The van der Waals surface area contributed by atoms with Gasteiger partial charge in [0.15, 0.2) is 4.34 Å². The highest BCUT2D eigenvalue weighted by molar-refractivity contribution is 8.01. The van der Waals surface area contributed by atoms with Gasteiger partial charge in [-0.25, -0.2) is 4.79 Å². The molecule has 1 aromatic carbocycles. The predicted octanol–water partition coefficient (Wildman–Crippen LogP) is 4.34. The van der Waals surface area contributed by atoms with Gasteiger partial charge in [0.25, 0.3) is 0 Å². The zero-order valence-electron chi connectivity index (χ0n) is 10.7. The minimum absolute atomic E-state index is 0.351.